The minimum atomic E-state index is 0.0509. The van der Waals surface area contributed by atoms with Crippen LogP contribution in [-0.2, 0) is 4.79 Å². The number of rotatable bonds is 3. The number of likely N-dealkylation sites (tertiary alicyclic amines) is 1. The quantitative estimate of drug-likeness (QED) is 0.870. The lowest BCUT2D eigenvalue weighted by Gasteiger charge is -2.42. The van der Waals surface area contributed by atoms with Gasteiger partial charge in [0.25, 0.3) is 0 Å². The van der Waals surface area contributed by atoms with Crippen molar-refractivity contribution < 1.29 is 4.79 Å². The highest BCUT2D eigenvalue weighted by Crippen LogP contribution is 2.38. The zero-order chi connectivity index (χ0) is 14.3. The maximum absolute atomic E-state index is 11.9. The second-order valence-electron chi connectivity index (χ2n) is 5.77. The van der Waals surface area contributed by atoms with Crippen LogP contribution in [-0.4, -0.2) is 36.0 Å². The van der Waals surface area contributed by atoms with Gasteiger partial charge in [0, 0.05) is 33.4 Å². The SMILES string of the molecule is CC(N)C(c1cc(Br)cs1)N1CCCC2C(=O)NCC21. The van der Waals surface area contributed by atoms with Crippen molar-refractivity contribution >= 4 is 33.2 Å². The first-order valence-corrected chi connectivity index (χ1v) is 8.78. The lowest BCUT2D eigenvalue weighted by atomic mass is 9.89. The van der Waals surface area contributed by atoms with Gasteiger partial charge in [-0.05, 0) is 48.3 Å². The Hall–Kier alpha value is -0.430. The van der Waals surface area contributed by atoms with Crippen LogP contribution in [0.5, 0.6) is 0 Å². The first kappa shape index (κ1) is 14.5. The monoisotopic (exact) mass is 357 g/mol. The molecule has 1 amide bonds. The van der Waals surface area contributed by atoms with E-state index in [-0.39, 0.29) is 23.9 Å². The van der Waals surface area contributed by atoms with Crippen molar-refractivity contribution in [2.45, 2.75) is 37.9 Å². The number of piperidine rings is 1. The van der Waals surface area contributed by atoms with E-state index in [9.17, 15) is 4.79 Å². The molecule has 20 heavy (non-hydrogen) atoms. The van der Waals surface area contributed by atoms with Crippen molar-refractivity contribution in [1.29, 1.82) is 0 Å². The molecule has 3 rings (SSSR count). The van der Waals surface area contributed by atoms with Crippen molar-refractivity contribution in [3.63, 3.8) is 0 Å². The van der Waals surface area contributed by atoms with Gasteiger partial charge in [-0.25, -0.2) is 0 Å². The highest BCUT2D eigenvalue weighted by molar-refractivity contribution is 9.10. The molecular formula is C14H20BrN3OS. The molecule has 4 unspecified atom stereocenters. The van der Waals surface area contributed by atoms with E-state index in [0.717, 1.165) is 30.4 Å². The Morgan fingerprint density at radius 3 is 3.05 bits per heavy atom. The Bertz CT molecular complexity index is 504. The topological polar surface area (TPSA) is 58.4 Å². The zero-order valence-electron chi connectivity index (χ0n) is 11.5. The number of thiophene rings is 1. The minimum Gasteiger partial charge on any atom is -0.354 e. The summed E-state index contributed by atoms with van der Waals surface area (Å²) < 4.78 is 1.11. The molecule has 0 saturated carbocycles. The highest BCUT2D eigenvalue weighted by atomic mass is 79.9. The van der Waals surface area contributed by atoms with Gasteiger partial charge in [-0.15, -0.1) is 11.3 Å². The lowest BCUT2D eigenvalue weighted by molar-refractivity contribution is -0.124. The summed E-state index contributed by atoms with van der Waals surface area (Å²) in [4.78, 5) is 15.7. The number of nitrogens with zero attached hydrogens (tertiary/aromatic N) is 1. The number of halogens is 1. The summed E-state index contributed by atoms with van der Waals surface area (Å²) in [6.45, 7) is 3.85. The summed E-state index contributed by atoms with van der Waals surface area (Å²) in [6, 6.07) is 2.71. The lowest BCUT2D eigenvalue weighted by Crippen LogP contribution is -2.51. The van der Waals surface area contributed by atoms with Crippen LogP contribution in [0.2, 0.25) is 0 Å². The third kappa shape index (κ3) is 2.54. The van der Waals surface area contributed by atoms with Crippen LogP contribution in [0, 0.1) is 5.92 Å². The number of fused-ring (bicyclic) bond motifs is 1. The molecule has 0 aromatic carbocycles. The van der Waals surface area contributed by atoms with Gasteiger partial charge in [0.2, 0.25) is 5.91 Å². The molecular weight excluding hydrogens is 338 g/mol. The maximum atomic E-state index is 11.9. The average molecular weight is 358 g/mol. The molecule has 0 aliphatic carbocycles. The summed E-state index contributed by atoms with van der Waals surface area (Å²) in [7, 11) is 0. The fourth-order valence-electron chi connectivity index (χ4n) is 3.54. The molecule has 0 radical (unpaired) electrons. The molecule has 0 spiro atoms. The third-order valence-corrected chi connectivity index (χ3v) is 6.14. The van der Waals surface area contributed by atoms with E-state index in [2.05, 4.69) is 44.5 Å². The number of nitrogens with one attached hydrogen (secondary N) is 1. The van der Waals surface area contributed by atoms with Gasteiger partial charge in [-0.2, -0.15) is 0 Å². The smallest absolute Gasteiger partial charge is 0.224 e. The van der Waals surface area contributed by atoms with E-state index in [1.54, 1.807) is 11.3 Å². The summed E-state index contributed by atoms with van der Waals surface area (Å²) in [5, 5.41) is 5.12. The molecule has 2 fully saturated rings. The molecule has 110 valence electrons. The van der Waals surface area contributed by atoms with Crippen LogP contribution in [0.3, 0.4) is 0 Å². The molecule has 4 nitrogen and oxygen atoms in total. The average Bonchev–Trinajstić information content (AvgIpc) is 2.98. The summed E-state index contributed by atoms with van der Waals surface area (Å²) in [5.74, 6) is 0.365. The van der Waals surface area contributed by atoms with Crippen LogP contribution in [0.15, 0.2) is 15.9 Å². The summed E-state index contributed by atoms with van der Waals surface area (Å²) >= 11 is 5.26. The van der Waals surface area contributed by atoms with Gasteiger partial charge in [-0.1, -0.05) is 0 Å². The normalized spacial score (nSPS) is 29.9. The zero-order valence-corrected chi connectivity index (χ0v) is 13.9. The van der Waals surface area contributed by atoms with E-state index in [0.29, 0.717) is 6.04 Å². The van der Waals surface area contributed by atoms with Crippen LogP contribution in [0.1, 0.15) is 30.7 Å². The second kappa shape index (κ2) is 5.75. The Labute approximate surface area is 131 Å². The van der Waals surface area contributed by atoms with Crippen LogP contribution < -0.4 is 11.1 Å². The molecule has 6 heteroatoms. The summed E-state index contributed by atoms with van der Waals surface area (Å²) in [6.07, 6.45) is 2.08. The van der Waals surface area contributed by atoms with Crippen LogP contribution in [0.4, 0.5) is 0 Å². The Morgan fingerprint density at radius 2 is 2.40 bits per heavy atom. The molecule has 3 heterocycles. The summed E-state index contributed by atoms with van der Waals surface area (Å²) in [5.41, 5.74) is 6.27. The molecule has 0 bridgehead atoms. The first-order chi connectivity index (χ1) is 9.58. The van der Waals surface area contributed by atoms with Gasteiger partial charge in [0.15, 0.2) is 0 Å². The number of hydrogen-bond donors (Lipinski definition) is 2. The van der Waals surface area contributed by atoms with Crippen molar-refractivity contribution in [3.8, 4) is 0 Å². The highest BCUT2D eigenvalue weighted by Gasteiger charge is 2.44. The fraction of sp³-hybridized carbons (Fsp3) is 0.643. The standard InChI is InChI=1S/C14H20BrN3OS/c1-8(16)13(12-5-9(15)7-20-12)18-4-2-3-10-11(18)6-17-14(10)19/h5,7-8,10-11,13H,2-4,6,16H2,1H3,(H,17,19). The Morgan fingerprint density at radius 1 is 1.60 bits per heavy atom. The number of carbonyl (C=O) groups excluding carboxylic acids is 1. The number of hydrogen-bond acceptors (Lipinski definition) is 4. The van der Waals surface area contributed by atoms with Gasteiger partial charge in [0.1, 0.15) is 0 Å². The van der Waals surface area contributed by atoms with Crippen LogP contribution in [0.25, 0.3) is 0 Å². The predicted molar refractivity (Wildman–Crippen MR) is 84.6 cm³/mol. The number of nitrogens with two attached hydrogens (primary N) is 1. The Kier molecular flexibility index (Phi) is 4.17. The molecule has 1 aromatic heterocycles. The van der Waals surface area contributed by atoms with E-state index in [1.165, 1.54) is 4.88 Å². The van der Waals surface area contributed by atoms with E-state index >= 15 is 0 Å². The van der Waals surface area contributed by atoms with Gasteiger partial charge >= 0.3 is 0 Å². The first-order valence-electron chi connectivity index (χ1n) is 7.11. The molecule has 4 atom stereocenters. The fourth-order valence-corrected chi connectivity index (χ4v) is 5.22. The molecule has 2 aliphatic rings. The second-order valence-corrected chi connectivity index (χ2v) is 7.63. The van der Waals surface area contributed by atoms with Crippen molar-refractivity contribution in [1.82, 2.24) is 10.2 Å². The largest absolute Gasteiger partial charge is 0.354 e. The van der Waals surface area contributed by atoms with Crippen molar-refractivity contribution in [3.05, 3.63) is 20.8 Å². The molecule has 1 aromatic rings. The number of carbonyl (C=O) groups is 1. The van der Waals surface area contributed by atoms with E-state index in [4.69, 9.17) is 5.73 Å². The predicted octanol–water partition coefficient (Wildman–Crippen LogP) is 2.11. The van der Waals surface area contributed by atoms with E-state index in [1.807, 2.05) is 0 Å². The van der Waals surface area contributed by atoms with Gasteiger partial charge in [0.05, 0.1) is 12.0 Å². The minimum absolute atomic E-state index is 0.0509. The molecule has 3 N–H and O–H groups in total. The molecule has 2 aliphatic heterocycles. The van der Waals surface area contributed by atoms with Crippen molar-refractivity contribution in [2.24, 2.45) is 11.7 Å². The third-order valence-electron chi connectivity index (χ3n) is 4.38. The van der Waals surface area contributed by atoms with Gasteiger partial charge in [-0.3, -0.25) is 9.69 Å². The Balaban J connectivity index is 1.89. The van der Waals surface area contributed by atoms with Crippen LogP contribution >= 0.6 is 27.3 Å². The molecule has 2 saturated heterocycles. The van der Waals surface area contributed by atoms with Gasteiger partial charge < -0.3 is 11.1 Å². The number of amides is 1. The van der Waals surface area contributed by atoms with E-state index < -0.39 is 0 Å². The maximum Gasteiger partial charge on any atom is 0.224 e. The van der Waals surface area contributed by atoms with Crippen molar-refractivity contribution in [2.75, 3.05) is 13.1 Å².